The molecule has 2 N–H and O–H groups in total. The number of pyridine rings is 2. The number of nitrogens with one attached hydrogen (secondary N) is 2. The number of halogens is 3. The molecule has 2 aliphatic rings. The first kappa shape index (κ1) is 28.9. The van der Waals surface area contributed by atoms with Crippen molar-refractivity contribution in [3.05, 3.63) is 60.4 Å². The van der Waals surface area contributed by atoms with Gasteiger partial charge >= 0.3 is 6.18 Å². The summed E-state index contributed by atoms with van der Waals surface area (Å²) < 4.78 is 45.3. The van der Waals surface area contributed by atoms with Crippen molar-refractivity contribution in [1.29, 1.82) is 0 Å². The fraction of sp³-hybridized carbons (Fsp3) is 0.400. The summed E-state index contributed by atoms with van der Waals surface area (Å²) in [7, 11) is 4.27. The number of hydrogen-bond acceptors (Lipinski definition) is 10. The van der Waals surface area contributed by atoms with Gasteiger partial charge in [0.25, 0.3) is 0 Å². The van der Waals surface area contributed by atoms with Gasteiger partial charge in [0, 0.05) is 43.3 Å². The van der Waals surface area contributed by atoms with Crippen molar-refractivity contribution in [1.82, 2.24) is 24.8 Å². The predicted molar refractivity (Wildman–Crippen MR) is 162 cm³/mol. The van der Waals surface area contributed by atoms with E-state index in [0.29, 0.717) is 55.3 Å². The van der Waals surface area contributed by atoms with Gasteiger partial charge in [0.2, 0.25) is 5.95 Å². The third-order valence-corrected chi connectivity index (χ3v) is 7.88. The molecule has 226 valence electrons. The van der Waals surface area contributed by atoms with Crippen LogP contribution in [0.1, 0.15) is 18.4 Å². The second-order valence-corrected chi connectivity index (χ2v) is 11.0. The van der Waals surface area contributed by atoms with Crippen LogP contribution in [0.5, 0.6) is 0 Å². The van der Waals surface area contributed by atoms with Crippen LogP contribution in [0.2, 0.25) is 0 Å². The fourth-order valence-corrected chi connectivity index (χ4v) is 5.48. The Labute approximate surface area is 247 Å². The van der Waals surface area contributed by atoms with E-state index in [1.165, 1.54) is 6.07 Å². The summed E-state index contributed by atoms with van der Waals surface area (Å²) in [6.07, 6.45) is 1.31. The number of anilines is 6. The lowest BCUT2D eigenvalue weighted by Gasteiger charge is -2.36. The minimum absolute atomic E-state index is 0.183. The number of aromatic nitrogens is 4. The summed E-state index contributed by atoms with van der Waals surface area (Å²) in [5, 5.41) is 6.99. The first-order chi connectivity index (χ1) is 20.7. The number of hydrogen-bond donors (Lipinski definition) is 2. The van der Waals surface area contributed by atoms with Crippen molar-refractivity contribution in [2.45, 2.75) is 25.1 Å². The summed E-state index contributed by atoms with van der Waals surface area (Å²) in [6.45, 7) is 4.32. The van der Waals surface area contributed by atoms with Gasteiger partial charge in [-0.25, -0.2) is 15.0 Å². The van der Waals surface area contributed by atoms with Crippen LogP contribution in [-0.4, -0.2) is 84.4 Å². The predicted octanol–water partition coefficient (Wildman–Crippen LogP) is 5.29. The molecular weight excluding hydrogens is 559 g/mol. The van der Waals surface area contributed by atoms with Gasteiger partial charge in [-0.1, -0.05) is 6.07 Å². The Morgan fingerprint density at radius 1 is 0.860 bits per heavy atom. The van der Waals surface area contributed by atoms with Crippen LogP contribution in [-0.2, 0) is 10.9 Å². The number of nitrogens with zero attached hydrogens (tertiary/aromatic N) is 7. The molecule has 43 heavy (non-hydrogen) atoms. The molecule has 13 heteroatoms. The van der Waals surface area contributed by atoms with Gasteiger partial charge in [-0.3, -0.25) is 0 Å². The first-order valence-corrected chi connectivity index (χ1v) is 14.3. The van der Waals surface area contributed by atoms with Crippen LogP contribution in [0.15, 0.2) is 54.9 Å². The lowest BCUT2D eigenvalue weighted by atomic mass is 10.0. The summed E-state index contributed by atoms with van der Waals surface area (Å²) in [4.78, 5) is 25.2. The molecule has 2 aliphatic heterocycles. The summed E-state index contributed by atoms with van der Waals surface area (Å²) >= 11 is 0. The standard InChI is InChI=1S/C30H34F3N9O/c1-40(2)22-8-10-41(11-9-22)23-6-7-26(34-18-23)38-27-17-24-25(19-35-27)37-29(39-28(24)42-12-14-43-15-13-42)36-21-5-3-4-20(16-21)30(31,32)33/h3-7,16-19,22H,8-15H2,1-2H3,(H,34,35,38)(H,36,37,39). The number of piperidine rings is 1. The van der Waals surface area contributed by atoms with E-state index in [-0.39, 0.29) is 11.6 Å². The molecule has 1 aromatic carbocycles. The maximum atomic E-state index is 13.3. The lowest BCUT2D eigenvalue weighted by molar-refractivity contribution is -0.137. The van der Waals surface area contributed by atoms with Crippen molar-refractivity contribution in [2.75, 3.05) is 73.9 Å². The average Bonchev–Trinajstić information content (AvgIpc) is 3.01. The molecule has 0 amide bonds. The number of rotatable bonds is 7. The highest BCUT2D eigenvalue weighted by molar-refractivity contribution is 5.92. The molecule has 0 bridgehead atoms. The maximum absolute atomic E-state index is 13.3. The summed E-state index contributed by atoms with van der Waals surface area (Å²) in [5.41, 5.74) is 1.14. The minimum Gasteiger partial charge on any atom is -0.378 e. The Bertz CT molecular complexity index is 1550. The van der Waals surface area contributed by atoms with Crippen molar-refractivity contribution in [2.24, 2.45) is 0 Å². The van der Waals surface area contributed by atoms with Crippen LogP contribution in [0, 0.1) is 0 Å². The van der Waals surface area contributed by atoms with E-state index >= 15 is 0 Å². The van der Waals surface area contributed by atoms with E-state index in [9.17, 15) is 13.2 Å². The maximum Gasteiger partial charge on any atom is 0.416 e. The van der Waals surface area contributed by atoms with Gasteiger partial charge in [0.05, 0.1) is 42.4 Å². The lowest BCUT2D eigenvalue weighted by Crippen LogP contribution is -2.42. The molecule has 6 rings (SSSR count). The van der Waals surface area contributed by atoms with Crippen LogP contribution in [0.25, 0.3) is 10.9 Å². The highest BCUT2D eigenvalue weighted by Crippen LogP contribution is 2.33. The molecule has 4 aromatic rings. The molecule has 10 nitrogen and oxygen atoms in total. The second-order valence-electron chi connectivity index (χ2n) is 11.0. The highest BCUT2D eigenvalue weighted by Gasteiger charge is 2.30. The smallest absolute Gasteiger partial charge is 0.378 e. The Morgan fingerprint density at radius 2 is 1.63 bits per heavy atom. The van der Waals surface area contributed by atoms with Crippen molar-refractivity contribution >= 4 is 45.7 Å². The molecule has 3 aromatic heterocycles. The second kappa shape index (κ2) is 12.2. The number of benzene rings is 1. The highest BCUT2D eigenvalue weighted by atomic mass is 19.4. The van der Waals surface area contributed by atoms with E-state index in [0.717, 1.165) is 49.1 Å². The van der Waals surface area contributed by atoms with E-state index in [4.69, 9.17) is 9.72 Å². The first-order valence-electron chi connectivity index (χ1n) is 14.3. The molecular formula is C30H34F3N9O. The summed E-state index contributed by atoms with van der Waals surface area (Å²) in [6, 6.07) is 11.5. The fourth-order valence-electron chi connectivity index (χ4n) is 5.48. The Hall–Kier alpha value is -4.23. The van der Waals surface area contributed by atoms with Crippen molar-refractivity contribution < 1.29 is 17.9 Å². The SMILES string of the molecule is CN(C)C1CCN(c2ccc(Nc3cc4c(N5CCOCC5)nc(Nc5cccc(C(F)(F)F)c5)nc4cn3)nc2)CC1. The zero-order chi connectivity index (χ0) is 30.0. The Morgan fingerprint density at radius 3 is 2.33 bits per heavy atom. The minimum atomic E-state index is -4.45. The van der Waals surface area contributed by atoms with E-state index < -0.39 is 11.7 Å². The molecule has 0 aliphatic carbocycles. The molecule has 0 atom stereocenters. The van der Waals surface area contributed by atoms with Gasteiger partial charge in [-0.2, -0.15) is 18.2 Å². The Kier molecular flexibility index (Phi) is 8.17. The van der Waals surface area contributed by atoms with Gasteiger partial charge in [0.15, 0.2) is 0 Å². The Balaban J connectivity index is 1.24. The number of ether oxygens (including phenoxy) is 1. The van der Waals surface area contributed by atoms with Crippen LogP contribution in [0.3, 0.4) is 0 Å². The van der Waals surface area contributed by atoms with E-state index in [2.05, 4.69) is 60.4 Å². The van der Waals surface area contributed by atoms with Crippen LogP contribution in [0.4, 0.5) is 47.9 Å². The van der Waals surface area contributed by atoms with Gasteiger partial charge in [0.1, 0.15) is 17.5 Å². The van der Waals surface area contributed by atoms with Gasteiger partial charge < -0.3 is 30.1 Å². The number of morpholine rings is 1. The molecule has 0 saturated carbocycles. The zero-order valence-corrected chi connectivity index (χ0v) is 24.1. The van der Waals surface area contributed by atoms with Crippen molar-refractivity contribution in [3.8, 4) is 0 Å². The molecule has 0 radical (unpaired) electrons. The van der Waals surface area contributed by atoms with Crippen LogP contribution < -0.4 is 20.4 Å². The number of fused-ring (bicyclic) bond motifs is 1. The monoisotopic (exact) mass is 593 g/mol. The third kappa shape index (κ3) is 6.73. The van der Waals surface area contributed by atoms with Crippen LogP contribution >= 0.6 is 0 Å². The number of alkyl halides is 3. The molecule has 0 unspecified atom stereocenters. The molecule has 2 saturated heterocycles. The molecule has 5 heterocycles. The van der Waals surface area contributed by atoms with E-state index in [1.54, 1.807) is 12.3 Å². The zero-order valence-electron chi connectivity index (χ0n) is 24.1. The largest absolute Gasteiger partial charge is 0.416 e. The van der Waals surface area contributed by atoms with Gasteiger partial charge in [-0.05, 0) is 63.3 Å². The summed E-state index contributed by atoms with van der Waals surface area (Å²) in [5.74, 6) is 2.08. The third-order valence-electron chi connectivity index (χ3n) is 7.88. The molecule has 0 spiro atoms. The van der Waals surface area contributed by atoms with Crippen molar-refractivity contribution in [3.63, 3.8) is 0 Å². The average molecular weight is 594 g/mol. The quantitative estimate of drug-likeness (QED) is 0.294. The topological polar surface area (TPSA) is 94.6 Å². The van der Waals surface area contributed by atoms with Gasteiger partial charge in [-0.15, -0.1) is 0 Å². The molecule has 2 fully saturated rings. The van der Waals surface area contributed by atoms with E-state index in [1.807, 2.05) is 18.3 Å². The normalized spacial score (nSPS) is 16.6.